The van der Waals surface area contributed by atoms with Crippen molar-refractivity contribution in [1.82, 2.24) is 9.55 Å². The lowest BCUT2D eigenvalue weighted by atomic mass is 10.2. The van der Waals surface area contributed by atoms with Gasteiger partial charge < -0.3 is 9.84 Å². The highest BCUT2D eigenvalue weighted by Crippen LogP contribution is 2.28. The van der Waals surface area contributed by atoms with Crippen molar-refractivity contribution in [1.29, 1.82) is 0 Å². The molecule has 0 saturated carbocycles. The Kier molecular flexibility index (Phi) is 3.60. The van der Waals surface area contributed by atoms with E-state index in [0.29, 0.717) is 10.8 Å². The van der Waals surface area contributed by atoms with Crippen LogP contribution >= 0.6 is 22.6 Å². The molecule has 16 heavy (non-hydrogen) atoms. The minimum Gasteiger partial charge on any atom is -0.390 e. The molecular formula is C10H13IN2O3. The minimum atomic E-state index is -0.505. The van der Waals surface area contributed by atoms with Crippen molar-refractivity contribution >= 4 is 22.6 Å². The first-order valence-electron chi connectivity index (χ1n) is 5.06. The van der Waals surface area contributed by atoms with Crippen molar-refractivity contribution in [3.63, 3.8) is 0 Å². The van der Waals surface area contributed by atoms with Crippen molar-refractivity contribution in [2.75, 3.05) is 4.43 Å². The Morgan fingerprint density at radius 1 is 1.75 bits per heavy atom. The molecule has 3 atom stereocenters. The molecule has 1 aliphatic heterocycles. The Labute approximate surface area is 107 Å². The molecule has 1 aromatic heterocycles. The molecule has 2 rings (SSSR count). The largest absolute Gasteiger partial charge is 0.390 e. The van der Waals surface area contributed by atoms with Gasteiger partial charge in [0.15, 0.2) is 0 Å². The predicted molar refractivity (Wildman–Crippen MR) is 66.7 cm³/mol. The first-order valence-corrected chi connectivity index (χ1v) is 6.58. The lowest BCUT2D eigenvalue weighted by Crippen LogP contribution is -2.27. The Balaban J connectivity index is 2.26. The third kappa shape index (κ3) is 2.28. The molecule has 1 fully saturated rings. The summed E-state index contributed by atoms with van der Waals surface area (Å²) in [5, 5.41) is 9.72. The van der Waals surface area contributed by atoms with Gasteiger partial charge >= 0.3 is 5.69 Å². The third-order valence-electron chi connectivity index (χ3n) is 2.61. The summed E-state index contributed by atoms with van der Waals surface area (Å²) in [6, 6.07) is 0. The van der Waals surface area contributed by atoms with Gasteiger partial charge in [-0.05, 0) is 12.5 Å². The number of aryl methyl sites for hydroxylation is 1. The van der Waals surface area contributed by atoms with E-state index in [0.717, 1.165) is 5.56 Å². The van der Waals surface area contributed by atoms with Crippen LogP contribution in [0.2, 0.25) is 0 Å². The summed E-state index contributed by atoms with van der Waals surface area (Å²) in [4.78, 5) is 15.3. The highest BCUT2D eigenvalue weighted by Gasteiger charge is 2.34. The molecule has 1 N–H and O–H groups in total. The lowest BCUT2D eigenvalue weighted by Gasteiger charge is -2.14. The van der Waals surface area contributed by atoms with Gasteiger partial charge in [0.25, 0.3) is 0 Å². The van der Waals surface area contributed by atoms with E-state index in [1.54, 1.807) is 6.20 Å². The molecule has 0 radical (unpaired) electrons. The smallest absolute Gasteiger partial charge is 0.349 e. The van der Waals surface area contributed by atoms with Crippen molar-refractivity contribution in [2.45, 2.75) is 31.8 Å². The van der Waals surface area contributed by atoms with Crippen LogP contribution in [-0.4, -0.2) is 31.3 Å². The SMILES string of the molecule is Cc1cnc(=O)n([C@H]2C[C@H](O)[C@@H](CI)O2)c1. The molecule has 0 aromatic carbocycles. The first-order chi connectivity index (χ1) is 7.61. The highest BCUT2D eigenvalue weighted by molar-refractivity contribution is 14.1. The topological polar surface area (TPSA) is 64.4 Å². The monoisotopic (exact) mass is 336 g/mol. The maximum Gasteiger partial charge on any atom is 0.349 e. The van der Waals surface area contributed by atoms with Crippen molar-refractivity contribution in [3.05, 3.63) is 28.4 Å². The number of halogens is 1. The van der Waals surface area contributed by atoms with Crippen LogP contribution in [0, 0.1) is 6.92 Å². The van der Waals surface area contributed by atoms with Gasteiger partial charge in [-0.15, -0.1) is 0 Å². The number of ether oxygens (including phenoxy) is 1. The van der Waals surface area contributed by atoms with Crippen LogP contribution in [0.3, 0.4) is 0 Å². The number of nitrogens with zero attached hydrogens (tertiary/aromatic N) is 2. The first kappa shape index (κ1) is 12.0. The fraction of sp³-hybridized carbons (Fsp3) is 0.600. The van der Waals surface area contributed by atoms with Gasteiger partial charge in [0.2, 0.25) is 0 Å². The quantitative estimate of drug-likeness (QED) is 0.636. The zero-order valence-electron chi connectivity index (χ0n) is 8.84. The van der Waals surface area contributed by atoms with Gasteiger partial charge in [0, 0.05) is 23.2 Å². The van der Waals surface area contributed by atoms with Gasteiger partial charge in [-0.25, -0.2) is 9.78 Å². The Bertz CT molecular complexity index is 434. The molecule has 0 unspecified atom stereocenters. The zero-order chi connectivity index (χ0) is 11.7. The van der Waals surface area contributed by atoms with E-state index in [9.17, 15) is 9.90 Å². The van der Waals surface area contributed by atoms with Crippen molar-refractivity contribution in [3.8, 4) is 0 Å². The van der Waals surface area contributed by atoms with Crippen LogP contribution in [-0.2, 0) is 4.74 Å². The zero-order valence-corrected chi connectivity index (χ0v) is 11.0. The summed E-state index contributed by atoms with van der Waals surface area (Å²) in [6.45, 7) is 1.87. The number of alkyl halides is 1. The van der Waals surface area contributed by atoms with E-state index in [1.807, 2.05) is 6.92 Å². The second-order valence-electron chi connectivity index (χ2n) is 3.91. The normalized spacial score (nSPS) is 29.6. The summed E-state index contributed by atoms with van der Waals surface area (Å²) in [6.07, 6.45) is 2.59. The van der Waals surface area contributed by atoms with E-state index >= 15 is 0 Å². The second-order valence-corrected chi connectivity index (χ2v) is 4.79. The van der Waals surface area contributed by atoms with Crippen LogP contribution in [0.1, 0.15) is 18.2 Å². The molecule has 6 heteroatoms. The Morgan fingerprint density at radius 2 is 2.50 bits per heavy atom. The highest BCUT2D eigenvalue weighted by atomic mass is 127. The van der Waals surface area contributed by atoms with Crippen LogP contribution in [0.4, 0.5) is 0 Å². The molecule has 1 saturated heterocycles. The molecule has 1 aromatic rings. The van der Waals surface area contributed by atoms with Crippen molar-refractivity contribution < 1.29 is 9.84 Å². The van der Waals surface area contributed by atoms with Crippen LogP contribution in [0.25, 0.3) is 0 Å². The number of hydrogen-bond acceptors (Lipinski definition) is 4. The van der Waals surface area contributed by atoms with Gasteiger partial charge in [-0.3, -0.25) is 4.57 Å². The average molecular weight is 336 g/mol. The summed E-state index contributed by atoms with van der Waals surface area (Å²) in [5.41, 5.74) is 0.563. The third-order valence-corrected chi connectivity index (χ3v) is 3.48. The fourth-order valence-electron chi connectivity index (χ4n) is 1.76. The van der Waals surface area contributed by atoms with E-state index in [4.69, 9.17) is 4.74 Å². The van der Waals surface area contributed by atoms with Crippen LogP contribution < -0.4 is 5.69 Å². The maximum atomic E-state index is 11.5. The van der Waals surface area contributed by atoms with E-state index < -0.39 is 12.3 Å². The molecule has 1 aliphatic rings. The van der Waals surface area contributed by atoms with Gasteiger partial charge in [-0.2, -0.15) is 0 Å². The molecular weight excluding hydrogens is 323 g/mol. The average Bonchev–Trinajstić information content (AvgIpc) is 2.63. The predicted octanol–water partition coefficient (Wildman–Crippen LogP) is 0.635. The van der Waals surface area contributed by atoms with Crippen molar-refractivity contribution in [2.24, 2.45) is 0 Å². The van der Waals surface area contributed by atoms with Crippen LogP contribution in [0.15, 0.2) is 17.2 Å². The molecule has 0 amide bonds. The number of aromatic nitrogens is 2. The number of aliphatic hydroxyl groups is 1. The molecule has 0 bridgehead atoms. The summed E-state index contributed by atoms with van der Waals surface area (Å²) in [5.74, 6) is 0. The molecule has 5 nitrogen and oxygen atoms in total. The summed E-state index contributed by atoms with van der Waals surface area (Å²) in [7, 11) is 0. The van der Waals surface area contributed by atoms with E-state index in [1.165, 1.54) is 10.8 Å². The fourth-order valence-corrected chi connectivity index (χ4v) is 2.56. The number of hydrogen-bond donors (Lipinski definition) is 1. The van der Waals surface area contributed by atoms with E-state index in [2.05, 4.69) is 27.6 Å². The maximum absolute atomic E-state index is 11.5. The second kappa shape index (κ2) is 4.80. The number of aliphatic hydroxyl groups excluding tert-OH is 1. The summed E-state index contributed by atoms with van der Waals surface area (Å²) < 4.78 is 7.77. The van der Waals surface area contributed by atoms with Crippen LogP contribution in [0.5, 0.6) is 0 Å². The van der Waals surface area contributed by atoms with E-state index in [-0.39, 0.29) is 11.8 Å². The minimum absolute atomic E-state index is 0.196. The lowest BCUT2D eigenvalue weighted by molar-refractivity contribution is -0.00612. The number of rotatable bonds is 2. The molecule has 88 valence electrons. The Morgan fingerprint density at radius 3 is 3.12 bits per heavy atom. The molecule has 0 spiro atoms. The van der Waals surface area contributed by atoms with Gasteiger partial charge in [0.1, 0.15) is 6.23 Å². The summed E-state index contributed by atoms with van der Waals surface area (Å²) >= 11 is 2.16. The van der Waals surface area contributed by atoms with Gasteiger partial charge in [-0.1, -0.05) is 22.6 Å². The molecule has 0 aliphatic carbocycles. The molecule has 2 heterocycles. The Hall–Kier alpha value is -0.470. The standard InChI is InChI=1S/C10H13IN2O3/c1-6-4-12-10(15)13(5-6)9-2-7(14)8(3-11)16-9/h4-5,7-9,14H,2-3H2,1H3/t7-,8+,9+/m0/s1. The van der Waals surface area contributed by atoms with Gasteiger partial charge in [0.05, 0.1) is 12.2 Å².